The first-order valence-electron chi connectivity index (χ1n) is 9.91. The molecule has 1 N–H and O–H groups in total. The molecule has 0 bridgehead atoms. The number of hydrogen-bond acceptors (Lipinski definition) is 4. The maximum atomic E-state index is 13.4. The Morgan fingerprint density at radius 3 is 2.58 bits per heavy atom. The van der Waals surface area contributed by atoms with Gasteiger partial charge in [0.2, 0.25) is 0 Å². The fourth-order valence-electron chi connectivity index (χ4n) is 5.44. The zero-order valence-corrected chi connectivity index (χ0v) is 15.8. The second-order valence-electron chi connectivity index (χ2n) is 7.94. The summed E-state index contributed by atoms with van der Waals surface area (Å²) in [6.07, 6.45) is 3.98. The van der Waals surface area contributed by atoms with Crippen LogP contribution in [0.4, 0.5) is 0 Å². The zero-order valence-electron chi connectivity index (χ0n) is 15.8. The minimum absolute atomic E-state index is 0.00843. The molecule has 2 aliphatic rings. The van der Waals surface area contributed by atoms with Crippen LogP contribution >= 0.6 is 0 Å². The molecule has 0 aromatic heterocycles. The number of Topliss-reactive ketones (excluding diaryl/α,β-unsaturated/α-hetero) is 1. The lowest BCUT2D eigenvalue weighted by Crippen LogP contribution is -2.25. The Bertz CT molecular complexity index is 626. The van der Waals surface area contributed by atoms with Gasteiger partial charge in [0.25, 0.3) is 0 Å². The second kappa shape index (κ2) is 8.34. The van der Waals surface area contributed by atoms with E-state index >= 15 is 0 Å². The summed E-state index contributed by atoms with van der Waals surface area (Å²) in [4.78, 5) is 24.7. The van der Waals surface area contributed by atoms with Gasteiger partial charge in [0.15, 0.2) is 0 Å². The topological polar surface area (TPSA) is 63.6 Å². The highest BCUT2D eigenvalue weighted by atomic mass is 16.5. The van der Waals surface area contributed by atoms with Crippen LogP contribution in [0.15, 0.2) is 30.3 Å². The maximum Gasteiger partial charge on any atom is 0.302 e. The zero-order chi connectivity index (χ0) is 18.7. The highest BCUT2D eigenvalue weighted by molar-refractivity contribution is 5.91. The van der Waals surface area contributed by atoms with Gasteiger partial charge in [0, 0.05) is 25.4 Å². The number of aliphatic hydroxyl groups is 1. The van der Waals surface area contributed by atoms with Gasteiger partial charge in [-0.25, -0.2) is 0 Å². The number of rotatable bonds is 7. The van der Waals surface area contributed by atoms with Gasteiger partial charge in [0.05, 0.1) is 6.61 Å². The summed E-state index contributed by atoms with van der Waals surface area (Å²) in [5, 5.41) is 9.89. The lowest BCUT2D eigenvalue weighted by molar-refractivity contribution is -0.142. The fraction of sp³-hybridized carbons (Fsp3) is 0.636. The van der Waals surface area contributed by atoms with Crippen molar-refractivity contribution in [2.75, 3.05) is 13.2 Å². The lowest BCUT2D eigenvalue weighted by Gasteiger charge is -2.28. The molecule has 0 radical (unpaired) electrons. The van der Waals surface area contributed by atoms with Crippen LogP contribution < -0.4 is 0 Å². The highest BCUT2D eigenvalue weighted by Crippen LogP contribution is 2.58. The van der Waals surface area contributed by atoms with E-state index in [2.05, 4.69) is 19.1 Å². The van der Waals surface area contributed by atoms with Crippen molar-refractivity contribution < 1.29 is 19.4 Å². The number of carbonyl (C=O) groups is 2. The van der Waals surface area contributed by atoms with Crippen LogP contribution in [0.1, 0.15) is 51.0 Å². The number of ether oxygens (including phenoxy) is 1. The van der Waals surface area contributed by atoms with Crippen LogP contribution in [-0.4, -0.2) is 30.1 Å². The maximum absolute atomic E-state index is 13.4. The molecule has 2 saturated carbocycles. The number of carbonyl (C=O) groups excluding carboxylic acids is 2. The van der Waals surface area contributed by atoms with Crippen molar-refractivity contribution in [1.82, 2.24) is 0 Å². The van der Waals surface area contributed by atoms with Crippen LogP contribution in [0.25, 0.3) is 0 Å². The molecule has 4 nitrogen and oxygen atoms in total. The Balaban J connectivity index is 1.93. The molecule has 0 aliphatic heterocycles. The molecule has 0 saturated heterocycles. The van der Waals surface area contributed by atoms with E-state index in [1.165, 1.54) is 6.92 Å². The Hall–Kier alpha value is -1.68. The highest BCUT2D eigenvalue weighted by Gasteiger charge is 2.58. The van der Waals surface area contributed by atoms with E-state index in [-0.39, 0.29) is 53.9 Å². The molecule has 26 heavy (non-hydrogen) atoms. The monoisotopic (exact) mass is 358 g/mol. The number of fused-ring (bicyclic) bond motifs is 1. The van der Waals surface area contributed by atoms with E-state index in [9.17, 15) is 14.7 Å². The van der Waals surface area contributed by atoms with Crippen molar-refractivity contribution >= 4 is 11.8 Å². The molecule has 0 amide bonds. The van der Waals surface area contributed by atoms with E-state index in [1.807, 2.05) is 18.2 Å². The predicted octanol–water partition coefficient (Wildman–Crippen LogP) is 3.58. The number of aliphatic hydroxyl groups excluding tert-OH is 1. The van der Waals surface area contributed by atoms with Gasteiger partial charge in [-0.3, -0.25) is 9.59 Å². The molecule has 3 rings (SSSR count). The van der Waals surface area contributed by atoms with E-state index in [0.29, 0.717) is 6.61 Å². The summed E-state index contributed by atoms with van der Waals surface area (Å²) < 4.78 is 5.32. The van der Waals surface area contributed by atoms with Crippen molar-refractivity contribution in [3.05, 3.63) is 35.9 Å². The van der Waals surface area contributed by atoms with E-state index in [0.717, 1.165) is 31.2 Å². The minimum atomic E-state index is -0.275. The Morgan fingerprint density at radius 2 is 1.96 bits per heavy atom. The third-order valence-electron chi connectivity index (χ3n) is 6.41. The van der Waals surface area contributed by atoms with Crippen molar-refractivity contribution in [2.24, 2.45) is 29.6 Å². The quantitative estimate of drug-likeness (QED) is 0.757. The van der Waals surface area contributed by atoms with Crippen LogP contribution in [0.3, 0.4) is 0 Å². The average molecular weight is 358 g/mol. The average Bonchev–Trinajstić information content (AvgIpc) is 3.15. The van der Waals surface area contributed by atoms with Gasteiger partial charge in [0.1, 0.15) is 5.78 Å². The number of hydrogen-bond donors (Lipinski definition) is 1. The SMILES string of the molecule is CCCC[C@@H]1[C@H]2[C@H](COC(C)=O)C[C@H](CO)[C@H]2C(=O)[C@H]1c1ccccc1. The van der Waals surface area contributed by atoms with Crippen LogP contribution in [-0.2, 0) is 14.3 Å². The summed E-state index contributed by atoms with van der Waals surface area (Å²) in [6, 6.07) is 10.1. The van der Waals surface area contributed by atoms with Gasteiger partial charge in [-0.05, 0) is 42.1 Å². The Morgan fingerprint density at radius 1 is 1.23 bits per heavy atom. The van der Waals surface area contributed by atoms with Crippen LogP contribution in [0.2, 0.25) is 0 Å². The van der Waals surface area contributed by atoms with Crippen LogP contribution in [0, 0.1) is 29.6 Å². The molecule has 6 atom stereocenters. The summed E-state index contributed by atoms with van der Waals surface area (Å²) in [5.41, 5.74) is 1.09. The van der Waals surface area contributed by atoms with Crippen molar-refractivity contribution in [1.29, 1.82) is 0 Å². The van der Waals surface area contributed by atoms with Gasteiger partial charge in [-0.1, -0.05) is 50.1 Å². The number of benzene rings is 1. The summed E-state index contributed by atoms with van der Waals surface area (Å²) in [7, 11) is 0. The molecule has 0 heterocycles. The summed E-state index contributed by atoms with van der Waals surface area (Å²) >= 11 is 0. The van der Waals surface area contributed by atoms with Crippen LogP contribution in [0.5, 0.6) is 0 Å². The first kappa shape index (κ1) is 19.1. The smallest absolute Gasteiger partial charge is 0.302 e. The first-order valence-corrected chi connectivity index (χ1v) is 9.91. The molecule has 1 aromatic rings. The normalized spacial score (nSPS) is 33.3. The van der Waals surface area contributed by atoms with Crippen molar-refractivity contribution in [3.8, 4) is 0 Å². The molecule has 0 spiro atoms. The minimum Gasteiger partial charge on any atom is -0.466 e. The fourth-order valence-corrected chi connectivity index (χ4v) is 5.44. The Labute approximate surface area is 155 Å². The summed E-state index contributed by atoms with van der Waals surface area (Å²) in [6.45, 7) is 4.00. The number of ketones is 1. The Kier molecular flexibility index (Phi) is 6.13. The van der Waals surface area contributed by atoms with E-state index in [4.69, 9.17) is 4.74 Å². The third kappa shape index (κ3) is 3.57. The largest absolute Gasteiger partial charge is 0.466 e. The molecule has 2 fully saturated rings. The first-order chi connectivity index (χ1) is 12.6. The molecular weight excluding hydrogens is 328 g/mol. The van der Waals surface area contributed by atoms with E-state index < -0.39 is 0 Å². The van der Waals surface area contributed by atoms with Gasteiger partial charge in [-0.15, -0.1) is 0 Å². The molecular formula is C22H30O4. The number of unbranched alkanes of at least 4 members (excludes halogenated alkanes) is 1. The predicted molar refractivity (Wildman–Crippen MR) is 99.5 cm³/mol. The van der Waals surface area contributed by atoms with E-state index in [1.54, 1.807) is 0 Å². The molecule has 2 aliphatic carbocycles. The number of esters is 1. The van der Waals surface area contributed by atoms with Gasteiger partial charge >= 0.3 is 5.97 Å². The molecule has 4 heteroatoms. The molecule has 0 unspecified atom stereocenters. The van der Waals surface area contributed by atoms with Crippen molar-refractivity contribution in [2.45, 2.75) is 45.4 Å². The van der Waals surface area contributed by atoms with Gasteiger partial charge in [-0.2, -0.15) is 0 Å². The summed E-state index contributed by atoms with van der Waals surface area (Å²) in [5.74, 6) is 0.448. The molecule has 1 aromatic carbocycles. The van der Waals surface area contributed by atoms with Crippen molar-refractivity contribution in [3.63, 3.8) is 0 Å². The second-order valence-corrected chi connectivity index (χ2v) is 7.94. The lowest BCUT2D eigenvalue weighted by atomic mass is 9.77. The third-order valence-corrected chi connectivity index (χ3v) is 6.41. The molecule has 142 valence electrons. The van der Waals surface area contributed by atoms with Gasteiger partial charge < -0.3 is 9.84 Å². The standard InChI is InChI=1S/C22H30O4/c1-3-4-10-18-19-17(13-26-14(2)24)11-16(12-23)21(19)22(25)20(18)15-8-6-5-7-9-15/h5-9,16-21,23H,3-4,10-13H2,1-2H3/t16-,17+,18-,19-,20+,21-/m1/s1.